The Morgan fingerprint density at radius 3 is 2.76 bits per heavy atom. The molecule has 2 rings (SSSR count). The van der Waals surface area contributed by atoms with Crippen molar-refractivity contribution in [3.63, 3.8) is 0 Å². The van der Waals surface area contributed by atoms with Crippen LogP contribution in [-0.4, -0.2) is 55.4 Å². The lowest BCUT2D eigenvalue weighted by molar-refractivity contribution is -0.384. The summed E-state index contributed by atoms with van der Waals surface area (Å²) < 4.78 is 5.10. The molecule has 0 aliphatic carbocycles. The molecule has 0 radical (unpaired) electrons. The van der Waals surface area contributed by atoms with Gasteiger partial charge >= 0.3 is 0 Å². The number of carbonyl (C=O) groups excluding carboxylic acids is 1. The molecule has 1 fully saturated rings. The number of hydrogen-bond donors (Lipinski definition) is 1. The number of piperazine rings is 1. The molecule has 0 amide bonds. The predicted molar refractivity (Wildman–Crippen MR) is 77.9 cm³/mol. The van der Waals surface area contributed by atoms with Crippen molar-refractivity contribution in [2.45, 2.75) is 6.42 Å². The highest BCUT2D eigenvalue weighted by Crippen LogP contribution is 2.25. The molecule has 1 heterocycles. The minimum absolute atomic E-state index is 0.0553. The highest BCUT2D eigenvalue weighted by Gasteiger charge is 2.18. The Bertz CT molecular complexity index is 527. The summed E-state index contributed by atoms with van der Waals surface area (Å²) in [6.07, 6.45) is 0.383. The van der Waals surface area contributed by atoms with Gasteiger partial charge in [-0.3, -0.25) is 14.9 Å². The number of Topliss-reactive ketones (excluding diaryl/α,β-unsaturated/α-hetero) is 1. The minimum Gasteiger partial charge on any atom is -0.496 e. The van der Waals surface area contributed by atoms with Crippen LogP contribution in [0.5, 0.6) is 5.75 Å². The van der Waals surface area contributed by atoms with E-state index in [2.05, 4.69) is 10.2 Å². The molecule has 0 unspecified atom stereocenters. The van der Waals surface area contributed by atoms with Crippen molar-refractivity contribution in [1.82, 2.24) is 10.2 Å². The van der Waals surface area contributed by atoms with Crippen molar-refractivity contribution in [1.29, 1.82) is 0 Å². The number of carbonyl (C=O) groups is 1. The molecule has 1 aliphatic heterocycles. The lowest BCUT2D eigenvalue weighted by Crippen LogP contribution is -2.44. The van der Waals surface area contributed by atoms with Gasteiger partial charge in [-0.1, -0.05) is 0 Å². The number of benzene rings is 1. The van der Waals surface area contributed by atoms with E-state index in [1.807, 2.05) is 0 Å². The summed E-state index contributed by atoms with van der Waals surface area (Å²) in [4.78, 5) is 24.7. The Morgan fingerprint density at radius 2 is 2.14 bits per heavy atom. The van der Waals surface area contributed by atoms with Gasteiger partial charge < -0.3 is 15.0 Å². The molecule has 0 saturated carbocycles. The molecule has 1 aromatic carbocycles. The zero-order chi connectivity index (χ0) is 15.2. The average Bonchev–Trinajstić information content (AvgIpc) is 2.52. The Balaban J connectivity index is 2.02. The van der Waals surface area contributed by atoms with Crippen LogP contribution in [0.3, 0.4) is 0 Å². The summed E-state index contributed by atoms with van der Waals surface area (Å²) in [5.41, 5.74) is 0.323. The Hall–Kier alpha value is -1.99. The van der Waals surface area contributed by atoms with Crippen LogP contribution in [0.4, 0.5) is 5.69 Å². The van der Waals surface area contributed by atoms with Crippen molar-refractivity contribution in [2.24, 2.45) is 0 Å². The summed E-state index contributed by atoms with van der Waals surface area (Å²) in [6.45, 7) is 4.44. The minimum atomic E-state index is -0.502. The maximum Gasteiger partial charge on any atom is 0.273 e. The van der Waals surface area contributed by atoms with Gasteiger partial charge in [0.2, 0.25) is 0 Å². The number of nitrogens with zero attached hydrogens (tertiary/aromatic N) is 2. The number of nitro benzene ring substituents is 1. The van der Waals surface area contributed by atoms with Crippen molar-refractivity contribution in [3.05, 3.63) is 33.9 Å². The van der Waals surface area contributed by atoms with Gasteiger partial charge in [0.25, 0.3) is 5.69 Å². The normalized spacial score (nSPS) is 15.7. The van der Waals surface area contributed by atoms with Crippen molar-refractivity contribution in [3.8, 4) is 5.75 Å². The Kier molecular flexibility index (Phi) is 5.24. The molecule has 7 nitrogen and oxygen atoms in total. The predicted octanol–water partition coefficient (Wildman–Crippen LogP) is 1.08. The van der Waals surface area contributed by atoms with Gasteiger partial charge in [0.15, 0.2) is 5.78 Å². The molecule has 7 heteroatoms. The Labute approximate surface area is 123 Å². The van der Waals surface area contributed by atoms with Crippen molar-refractivity contribution in [2.75, 3.05) is 39.8 Å². The fourth-order valence-electron chi connectivity index (χ4n) is 2.35. The van der Waals surface area contributed by atoms with Crippen LogP contribution in [0.25, 0.3) is 0 Å². The van der Waals surface area contributed by atoms with E-state index in [0.29, 0.717) is 18.5 Å². The van der Waals surface area contributed by atoms with Crippen LogP contribution < -0.4 is 10.1 Å². The fourth-order valence-corrected chi connectivity index (χ4v) is 2.35. The van der Waals surface area contributed by atoms with Crippen LogP contribution >= 0.6 is 0 Å². The van der Waals surface area contributed by atoms with Crippen LogP contribution in [0.1, 0.15) is 16.8 Å². The molecular formula is C14H19N3O4. The molecule has 0 aromatic heterocycles. The first-order chi connectivity index (χ1) is 10.1. The molecule has 1 N–H and O–H groups in total. The fraction of sp³-hybridized carbons (Fsp3) is 0.500. The molecule has 21 heavy (non-hydrogen) atoms. The number of methoxy groups -OCH3 is 1. The summed E-state index contributed by atoms with van der Waals surface area (Å²) in [6, 6.07) is 4.09. The summed E-state index contributed by atoms with van der Waals surface area (Å²) >= 11 is 0. The molecule has 0 spiro atoms. The van der Waals surface area contributed by atoms with E-state index in [9.17, 15) is 14.9 Å². The first-order valence-corrected chi connectivity index (χ1v) is 6.90. The van der Waals surface area contributed by atoms with Gasteiger partial charge in [0.1, 0.15) is 5.75 Å². The lowest BCUT2D eigenvalue weighted by atomic mass is 10.1. The third-order valence-corrected chi connectivity index (χ3v) is 3.56. The van der Waals surface area contributed by atoms with Gasteiger partial charge in [0.05, 0.1) is 23.7 Å². The summed E-state index contributed by atoms with van der Waals surface area (Å²) in [5.74, 6) is 0.204. The second kappa shape index (κ2) is 7.14. The molecule has 0 bridgehead atoms. The van der Waals surface area contributed by atoms with Crippen molar-refractivity contribution >= 4 is 11.5 Å². The lowest BCUT2D eigenvalue weighted by Gasteiger charge is -2.26. The highest BCUT2D eigenvalue weighted by atomic mass is 16.6. The van der Waals surface area contributed by atoms with Gasteiger partial charge in [-0.2, -0.15) is 0 Å². The van der Waals surface area contributed by atoms with Crippen LogP contribution in [0, 0.1) is 10.1 Å². The molecule has 1 saturated heterocycles. The van der Waals surface area contributed by atoms with Crippen LogP contribution in [0.15, 0.2) is 18.2 Å². The van der Waals surface area contributed by atoms with E-state index in [4.69, 9.17) is 4.74 Å². The van der Waals surface area contributed by atoms with E-state index in [-0.39, 0.29) is 17.2 Å². The largest absolute Gasteiger partial charge is 0.496 e. The molecule has 0 atom stereocenters. The zero-order valence-electron chi connectivity index (χ0n) is 12.0. The highest BCUT2D eigenvalue weighted by molar-refractivity contribution is 5.99. The number of rotatable bonds is 6. The quantitative estimate of drug-likeness (QED) is 0.480. The molecule has 1 aromatic rings. The third kappa shape index (κ3) is 3.99. The summed E-state index contributed by atoms with van der Waals surface area (Å²) in [5, 5.41) is 14.0. The second-order valence-electron chi connectivity index (χ2n) is 4.91. The second-order valence-corrected chi connectivity index (χ2v) is 4.91. The number of ketones is 1. The van der Waals surface area contributed by atoms with E-state index in [1.54, 1.807) is 0 Å². The van der Waals surface area contributed by atoms with E-state index < -0.39 is 4.92 Å². The third-order valence-electron chi connectivity index (χ3n) is 3.56. The number of ether oxygens (including phenoxy) is 1. The number of nitrogens with one attached hydrogen (secondary N) is 1. The van der Waals surface area contributed by atoms with Crippen LogP contribution in [0.2, 0.25) is 0 Å². The number of hydrogen-bond acceptors (Lipinski definition) is 6. The van der Waals surface area contributed by atoms with E-state index in [1.165, 1.54) is 25.3 Å². The first-order valence-electron chi connectivity index (χ1n) is 6.90. The molecular weight excluding hydrogens is 274 g/mol. The zero-order valence-corrected chi connectivity index (χ0v) is 12.0. The SMILES string of the molecule is COc1cc([N+](=O)[O-])ccc1C(=O)CCN1CCNCC1. The van der Waals surface area contributed by atoms with Crippen molar-refractivity contribution < 1.29 is 14.5 Å². The standard InChI is InChI=1S/C14H19N3O4/c1-21-14-10-11(17(19)20)2-3-12(14)13(18)4-7-16-8-5-15-6-9-16/h2-3,10,15H,4-9H2,1H3. The van der Waals surface area contributed by atoms with Crippen LogP contribution in [-0.2, 0) is 0 Å². The smallest absolute Gasteiger partial charge is 0.273 e. The topological polar surface area (TPSA) is 84.7 Å². The number of non-ortho nitro benzene ring substituents is 1. The average molecular weight is 293 g/mol. The number of nitro groups is 1. The van der Waals surface area contributed by atoms with E-state index in [0.717, 1.165) is 26.2 Å². The first kappa shape index (κ1) is 15.4. The van der Waals surface area contributed by atoms with Gasteiger partial charge in [-0.25, -0.2) is 0 Å². The monoisotopic (exact) mass is 293 g/mol. The van der Waals surface area contributed by atoms with E-state index >= 15 is 0 Å². The maximum absolute atomic E-state index is 12.3. The molecule has 1 aliphatic rings. The van der Waals surface area contributed by atoms with Gasteiger partial charge in [-0.05, 0) is 6.07 Å². The molecule has 114 valence electrons. The summed E-state index contributed by atoms with van der Waals surface area (Å²) in [7, 11) is 1.41. The maximum atomic E-state index is 12.3. The Morgan fingerprint density at radius 1 is 1.43 bits per heavy atom. The van der Waals surface area contributed by atoms with Gasteiger partial charge in [-0.15, -0.1) is 0 Å². The van der Waals surface area contributed by atoms with Gasteiger partial charge in [0, 0.05) is 45.2 Å².